The molecule has 34 heavy (non-hydrogen) atoms. The highest BCUT2D eigenvalue weighted by atomic mass is 16.4. The molecule has 0 unspecified atom stereocenters. The van der Waals surface area contributed by atoms with Gasteiger partial charge in [-0.3, -0.25) is 23.2 Å². The summed E-state index contributed by atoms with van der Waals surface area (Å²) in [6.45, 7) is 0. The zero-order chi connectivity index (χ0) is 26.3. The van der Waals surface area contributed by atoms with Crippen LogP contribution in [0, 0.1) is 0 Å². The van der Waals surface area contributed by atoms with Crippen LogP contribution in [0.2, 0.25) is 0 Å². The lowest BCUT2D eigenvalue weighted by Gasteiger charge is -2.11. The minimum absolute atomic E-state index is 0.278. The number of carboxylic acids is 2. The number of aromatic carboxylic acids is 2. The maximum absolute atomic E-state index is 10.3. The average Bonchev–Trinajstić information content (AvgIpc) is 2.78. The van der Waals surface area contributed by atoms with E-state index in [4.69, 9.17) is 56.3 Å². The Kier molecular flexibility index (Phi) is 8.31. The Morgan fingerprint density at radius 1 is 0.647 bits per heavy atom. The van der Waals surface area contributed by atoms with Crippen molar-refractivity contribution in [2.75, 3.05) is 46.1 Å². The van der Waals surface area contributed by atoms with Gasteiger partial charge in [0.05, 0.1) is 23.3 Å². The minimum atomic E-state index is -1.72. The van der Waals surface area contributed by atoms with Crippen LogP contribution in [-0.4, -0.2) is 22.2 Å². The smallest absolute Gasteiger partial charge is 0.321 e. The molecule has 0 fully saturated rings. The molecule has 16 heteroatoms. The van der Waals surface area contributed by atoms with Crippen molar-refractivity contribution in [3.63, 3.8) is 0 Å². The van der Waals surface area contributed by atoms with Crippen LogP contribution in [-0.2, 0) is 0 Å². The number of nitrogens with zero attached hydrogens (tertiary/aromatic N) is 2. The van der Waals surface area contributed by atoms with Gasteiger partial charge in [-0.15, -0.1) is 9.35 Å². The molecule has 0 bridgehead atoms. The number of nitrogens with two attached hydrogens (primary N) is 8. The van der Waals surface area contributed by atoms with Crippen LogP contribution in [0.4, 0.5) is 34.4 Å². The van der Waals surface area contributed by atoms with Crippen LogP contribution in [0.5, 0.6) is 11.5 Å². The normalized spacial score (nSPS) is 9.65. The van der Waals surface area contributed by atoms with Gasteiger partial charge in [-0.1, -0.05) is 0 Å². The number of benzene rings is 1. The predicted molar refractivity (Wildman–Crippen MR) is 118 cm³/mol. The number of anilines is 6. The number of nitrogen functional groups attached to an aromatic ring is 8. The van der Waals surface area contributed by atoms with E-state index in [0.717, 1.165) is 12.1 Å². The fourth-order valence-electron chi connectivity index (χ4n) is 2.14. The third kappa shape index (κ3) is 6.00. The molecule has 0 atom stereocenters. The quantitative estimate of drug-likeness (QED) is 0.0937. The van der Waals surface area contributed by atoms with E-state index in [1.807, 2.05) is 0 Å². The molecule has 0 amide bonds. The fourth-order valence-corrected chi connectivity index (χ4v) is 2.14. The van der Waals surface area contributed by atoms with E-state index in [9.17, 15) is 19.8 Å². The van der Waals surface area contributed by atoms with Crippen LogP contribution < -0.4 is 65.7 Å². The first-order valence-electron chi connectivity index (χ1n) is 8.88. The Morgan fingerprint density at radius 3 is 1.18 bits per heavy atom. The molecule has 182 valence electrons. The summed E-state index contributed by atoms with van der Waals surface area (Å²) in [6, 6.07) is 4.78. The highest BCUT2D eigenvalue weighted by Crippen LogP contribution is 2.31. The van der Waals surface area contributed by atoms with Gasteiger partial charge in [0.15, 0.2) is 11.5 Å². The van der Waals surface area contributed by atoms with E-state index in [1.165, 1.54) is 9.35 Å². The maximum Gasteiger partial charge on any atom is 0.321 e. The summed E-state index contributed by atoms with van der Waals surface area (Å²) in [5.41, 5.74) is 32.7. The van der Waals surface area contributed by atoms with Crippen molar-refractivity contribution in [3.8, 4) is 11.5 Å². The number of carbonyl (C=O) groups is 2. The molecule has 0 radical (unpaired) electrons. The summed E-state index contributed by atoms with van der Waals surface area (Å²) < 4.78 is 2.43. The van der Waals surface area contributed by atoms with Crippen LogP contribution in [0.1, 0.15) is 20.7 Å². The van der Waals surface area contributed by atoms with E-state index >= 15 is 0 Å². The standard InChI is InChI=1S/C8H6O6.2C5H9N5/c9-5-3(7(11)12)1-2-4(6(5)10)8(13)14;2*6-3-1-2-10(9)5(8)4(3)7/h1-2,9-10H,(H,11,12)(H,13,14);2*1-2H,7,9H2,(H3,6,8). The van der Waals surface area contributed by atoms with E-state index in [2.05, 4.69) is 0 Å². The third-order valence-electron chi connectivity index (χ3n) is 4.15. The number of rotatable bonds is 2. The molecule has 0 aliphatic carbocycles. The molecule has 3 aromatic rings. The fraction of sp³-hybridized carbons (Fsp3) is 0. The van der Waals surface area contributed by atoms with E-state index in [0.29, 0.717) is 22.7 Å². The number of carboxylic acid groups (broad SMARTS) is 2. The highest BCUT2D eigenvalue weighted by molar-refractivity contribution is 5.96. The van der Waals surface area contributed by atoms with Gasteiger partial charge in [-0.2, -0.15) is 0 Å². The van der Waals surface area contributed by atoms with Gasteiger partial charge in [0.2, 0.25) is 0 Å². The van der Waals surface area contributed by atoms with E-state index in [-0.39, 0.29) is 11.6 Å². The molecule has 2 heterocycles. The molecule has 0 spiro atoms. The Hall–Kier alpha value is -5.54. The summed E-state index contributed by atoms with van der Waals surface area (Å²) >= 11 is 0. The molecule has 0 saturated carbocycles. The summed E-state index contributed by atoms with van der Waals surface area (Å²) in [5.74, 6) is 5.71. The Labute approximate surface area is 191 Å². The number of aromatic nitrogens is 2. The number of carbonyl (C=O) groups excluding carboxylic acids is 2. The molecule has 2 aromatic heterocycles. The maximum atomic E-state index is 10.3. The topological polar surface area (TPSA) is 337 Å². The SMILES string of the molecule is Nc1cc[n+](N)c(N)c1N.Nc1cc[n+](N)c(N)c1N.O=C([O-])c1ccc(C(=O)[O-])c(O)c1O. The average molecular weight is 476 g/mol. The summed E-state index contributed by atoms with van der Waals surface area (Å²) in [5, 5.41) is 38.7. The van der Waals surface area contributed by atoms with Crippen molar-refractivity contribution < 1.29 is 39.4 Å². The predicted octanol–water partition coefficient (Wildman–Crippen LogP) is -5.31. The van der Waals surface area contributed by atoms with E-state index < -0.39 is 34.6 Å². The lowest BCUT2D eigenvalue weighted by atomic mass is 10.1. The van der Waals surface area contributed by atoms with Gasteiger partial charge in [0.1, 0.15) is 23.8 Å². The number of phenols is 2. The first-order valence-corrected chi connectivity index (χ1v) is 8.88. The van der Waals surface area contributed by atoms with Gasteiger partial charge >= 0.3 is 11.6 Å². The van der Waals surface area contributed by atoms with Gasteiger partial charge < -0.3 is 52.9 Å². The molecular formula is C18H24N10O6. The van der Waals surface area contributed by atoms with Crippen LogP contribution in [0.15, 0.2) is 36.7 Å². The first kappa shape index (κ1) is 26.5. The lowest BCUT2D eigenvalue weighted by molar-refractivity contribution is -0.623. The van der Waals surface area contributed by atoms with Crippen molar-refractivity contribution in [1.29, 1.82) is 0 Å². The molecular weight excluding hydrogens is 452 g/mol. The van der Waals surface area contributed by atoms with Crippen molar-refractivity contribution in [1.82, 2.24) is 0 Å². The molecule has 18 N–H and O–H groups in total. The van der Waals surface area contributed by atoms with Gasteiger partial charge in [-0.05, 0) is 12.1 Å². The molecule has 3 rings (SSSR count). The highest BCUT2D eigenvalue weighted by Gasteiger charge is 2.12. The Balaban J connectivity index is 0.000000261. The van der Waals surface area contributed by atoms with Gasteiger partial charge in [-0.25, -0.2) is 0 Å². The lowest BCUT2D eigenvalue weighted by Crippen LogP contribution is -2.47. The van der Waals surface area contributed by atoms with Crippen molar-refractivity contribution in [2.24, 2.45) is 0 Å². The Bertz CT molecular complexity index is 1090. The molecule has 0 saturated heterocycles. The largest absolute Gasteiger partial charge is 0.545 e. The molecule has 1 aromatic carbocycles. The second-order valence-corrected chi connectivity index (χ2v) is 6.39. The third-order valence-corrected chi connectivity index (χ3v) is 4.15. The van der Waals surface area contributed by atoms with Crippen LogP contribution >= 0.6 is 0 Å². The number of pyridine rings is 2. The first-order chi connectivity index (χ1) is 15.7. The molecule has 0 aliphatic rings. The summed E-state index contributed by atoms with van der Waals surface area (Å²) in [4.78, 5) is 20.6. The summed E-state index contributed by atoms with van der Waals surface area (Å²) in [6.07, 6.45) is 3.09. The zero-order valence-corrected chi connectivity index (χ0v) is 17.5. The van der Waals surface area contributed by atoms with Crippen molar-refractivity contribution in [3.05, 3.63) is 47.8 Å². The number of hydrogen-bond donors (Lipinski definition) is 10. The van der Waals surface area contributed by atoms with E-state index in [1.54, 1.807) is 24.5 Å². The molecule has 16 nitrogen and oxygen atoms in total. The monoisotopic (exact) mass is 476 g/mol. The van der Waals surface area contributed by atoms with Crippen LogP contribution in [0.25, 0.3) is 0 Å². The zero-order valence-electron chi connectivity index (χ0n) is 17.5. The van der Waals surface area contributed by atoms with Gasteiger partial charge in [0, 0.05) is 23.3 Å². The summed E-state index contributed by atoms with van der Waals surface area (Å²) in [7, 11) is 0. The molecule has 0 aliphatic heterocycles. The Morgan fingerprint density at radius 2 is 0.941 bits per heavy atom. The number of aromatic hydroxyl groups is 2. The minimum Gasteiger partial charge on any atom is -0.545 e. The van der Waals surface area contributed by atoms with Crippen molar-refractivity contribution >= 4 is 46.3 Å². The van der Waals surface area contributed by atoms with Crippen molar-refractivity contribution in [2.45, 2.75) is 0 Å². The second-order valence-electron chi connectivity index (χ2n) is 6.39. The number of hydrogen-bond acceptors (Lipinski definition) is 14. The second kappa shape index (κ2) is 10.7. The van der Waals surface area contributed by atoms with Gasteiger partial charge in [0.25, 0.3) is 0 Å². The van der Waals surface area contributed by atoms with Crippen LogP contribution in [0.3, 0.4) is 0 Å².